The summed E-state index contributed by atoms with van der Waals surface area (Å²) in [5.74, 6) is 2.13. The van der Waals surface area contributed by atoms with Crippen molar-refractivity contribution in [3.05, 3.63) is 11.8 Å². The predicted molar refractivity (Wildman–Crippen MR) is 81.1 cm³/mol. The second-order valence-corrected chi connectivity index (χ2v) is 6.50. The first-order valence-corrected chi connectivity index (χ1v) is 8.04. The Morgan fingerprint density at radius 3 is 2.55 bits per heavy atom. The van der Waals surface area contributed by atoms with Gasteiger partial charge in [-0.2, -0.15) is 0 Å². The van der Waals surface area contributed by atoms with E-state index in [9.17, 15) is 4.79 Å². The van der Waals surface area contributed by atoms with Gasteiger partial charge in [0.05, 0.1) is 6.54 Å². The zero-order valence-corrected chi connectivity index (χ0v) is 13.7. The number of aryl methyl sites for hydroxylation is 1. The van der Waals surface area contributed by atoms with E-state index in [0.29, 0.717) is 23.7 Å². The fourth-order valence-corrected chi connectivity index (χ4v) is 3.61. The topological polar surface area (TPSA) is 65.7 Å². The number of amides is 1. The largest absolute Gasteiger partial charge is 0.424 e. The summed E-state index contributed by atoms with van der Waals surface area (Å²) in [6.07, 6.45) is 0. The van der Waals surface area contributed by atoms with Crippen molar-refractivity contribution in [3.8, 4) is 0 Å². The lowest BCUT2D eigenvalue weighted by molar-refractivity contribution is -0.130. The van der Waals surface area contributed by atoms with Gasteiger partial charge in [0.2, 0.25) is 17.7 Å². The molecule has 2 aliphatic rings. The van der Waals surface area contributed by atoms with E-state index in [0.717, 1.165) is 45.8 Å². The van der Waals surface area contributed by atoms with Gasteiger partial charge >= 0.3 is 0 Å². The van der Waals surface area contributed by atoms with E-state index in [1.54, 1.807) is 6.92 Å². The molecule has 0 saturated carbocycles. The summed E-state index contributed by atoms with van der Waals surface area (Å²) in [7, 11) is 0. The summed E-state index contributed by atoms with van der Waals surface area (Å²) in [5, 5.41) is 7.98. The van der Waals surface area contributed by atoms with Crippen LogP contribution in [0.3, 0.4) is 0 Å². The summed E-state index contributed by atoms with van der Waals surface area (Å²) in [4.78, 5) is 18.3. The van der Waals surface area contributed by atoms with Crippen molar-refractivity contribution in [2.75, 3.05) is 39.3 Å². The molecule has 2 unspecified atom stereocenters. The minimum absolute atomic E-state index is 0.188. The van der Waals surface area contributed by atoms with Crippen molar-refractivity contribution in [1.29, 1.82) is 0 Å². The molecule has 0 N–H and O–H groups in total. The summed E-state index contributed by atoms with van der Waals surface area (Å²) in [6, 6.07) is 0.554. The molecule has 1 aromatic heterocycles. The first-order valence-electron chi connectivity index (χ1n) is 8.04. The molecule has 0 spiro atoms. The SMILES string of the molecule is CC(=O)N1CCN(C2CN(Cc3nnc(C)o3)CC2C)CC1. The fraction of sp³-hybridized carbons (Fsp3) is 0.800. The lowest BCUT2D eigenvalue weighted by Crippen LogP contribution is -2.53. The standard InChI is InChI=1S/C15H25N5O2/c1-11-8-18(10-15-17-16-12(2)22-15)9-14(11)20-6-4-19(5-7-20)13(3)21/h11,14H,4-10H2,1-3H3. The molecule has 1 aromatic rings. The Hall–Kier alpha value is -1.47. The lowest BCUT2D eigenvalue weighted by atomic mass is 10.0. The number of hydrogen-bond acceptors (Lipinski definition) is 6. The third-order valence-corrected chi connectivity index (χ3v) is 4.80. The fourth-order valence-electron chi connectivity index (χ4n) is 3.61. The average molecular weight is 307 g/mol. The first kappa shape index (κ1) is 15.4. The van der Waals surface area contributed by atoms with Gasteiger partial charge in [0, 0.05) is 59.2 Å². The molecule has 7 heteroatoms. The zero-order chi connectivity index (χ0) is 15.7. The van der Waals surface area contributed by atoms with E-state index in [1.807, 2.05) is 11.8 Å². The number of piperazine rings is 1. The van der Waals surface area contributed by atoms with E-state index in [-0.39, 0.29) is 5.91 Å². The number of hydrogen-bond donors (Lipinski definition) is 0. The van der Waals surface area contributed by atoms with Gasteiger partial charge < -0.3 is 9.32 Å². The molecular formula is C15H25N5O2. The molecule has 2 aliphatic heterocycles. The predicted octanol–water partition coefficient (Wildman–Crippen LogP) is 0.362. The highest BCUT2D eigenvalue weighted by Gasteiger charge is 2.35. The number of aromatic nitrogens is 2. The number of rotatable bonds is 3. The maximum absolute atomic E-state index is 11.4. The molecule has 3 rings (SSSR count). The molecule has 2 saturated heterocycles. The van der Waals surface area contributed by atoms with Gasteiger partial charge in [-0.3, -0.25) is 14.6 Å². The highest BCUT2D eigenvalue weighted by molar-refractivity contribution is 5.73. The Morgan fingerprint density at radius 1 is 1.23 bits per heavy atom. The van der Waals surface area contributed by atoms with Crippen LogP contribution in [0, 0.1) is 12.8 Å². The molecule has 0 radical (unpaired) electrons. The molecule has 0 aromatic carbocycles. The molecule has 0 bridgehead atoms. The van der Waals surface area contributed by atoms with E-state index < -0.39 is 0 Å². The maximum Gasteiger partial charge on any atom is 0.230 e. The third-order valence-electron chi connectivity index (χ3n) is 4.80. The normalized spacial score (nSPS) is 27.5. The number of carbonyl (C=O) groups excluding carboxylic acids is 1. The van der Waals surface area contributed by atoms with E-state index in [4.69, 9.17) is 4.42 Å². The minimum Gasteiger partial charge on any atom is -0.424 e. The Labute approximate surface area is 131 Å². The first-order chi connectivity index (χ1) is 10.5. The molecule has 3 heterocycles. The maximum atomic E-state index is 11.4. The van der Waals surface area contributed by atoms with Crippen LogP contribution in [0.25, 0.3) is 0 Å². The molecule has 7 nitrogen and oxygen atoms in total. The van der Waals surface area contributed by atoms with Crippen molar-refractivity contribution in [1.82, 2.24) is 24.9 Å². The van der Waals surface area contributed by atoms with Crippen molar-refractivity contribution in [2.45, 2.75) is 33.4 Å². The van der Waals surface area contributed by atoms with Gasteiger partial charge in [0.1, 0.15) is 0 Å². The molecule has 2 fully saturated rings. The summed E-state index contributed by atoms with van der Waals surface area (Å²) in [6.45, 7) is 12.2. The summed E-state index contributed by atoms with van der Waals surface area (Å²) < 4.78 is 5.48. The van der Waals surface area contributed by atoms with Crippen molar-refractivity contribution in [2.24, 2.45) is 5.92 Å². The monoisotopic (exact) mass is 307 g/mol. The lowest BCUT2D eigenvalue weighted by Gasteiger charge is -2.39. The Balaban J connectivity index is 1.54. The Kier molecular flexibility index (Phi) is 4.44. The molecule has 122 valence electrons. The zero-order valence-electron chi connectivity index (χ0n) is 13.7. The van der Waals surface area contributed by atoms with Gasteiger partial charge in [-0.1, -0.05) is 6.92 Å². The second-order valence-electron chi connectivity index (χ2n) is 6.50. The molecule has 22 heavy (non-hydrogen) atoms. The third kappa shape index (κ3) is 3.30. The Morgan fingerprint density at radius 2 is 1.95 bits per heavy atom. The van der Waals surface area contributed by atoms with Crippen LogP contribution in [0.5, 0.6) is 0 Å². The molecule has 1 amide bonds. The van der Waals surface area contributed by atoms with Gasteiger partial charge in [-0.15, -0.1) is 10.2 Å². The highest BCUT2D eigenvalue weighted by Crippen LogP contribution is 2.24. The van der Waals surface area contributed by atoms with Crippen LogP contribution >= 0.6 is 0 Å². The average Bonchev–Trinajstić information content (AvgIpc) is 3.05. The number of nitrogens with zero attached hydrogens (tertiary/aromatic N) is 5. The van der Waals surface area contributed by atoms with E-state index >= 15 is 0 Å². The van der Waals surface area contributed by atoms with Crippen molar-refractivity contribution < 1.29 is 9.21 Å². The molecular weight excluding hydrogens is 282 g/mol. The molecule has 2 atom stereocenters. The van der Waals surface area contributed by atoms with E-state index in [2.05, 4.69) is 26.9 Å². The van der Waals surface area contributed by atoms with E-state index in [1.165, 1.54) is 0 Å². The van der Waals surface area contributed by atoms with Crippen LogP contribution < -0.4 is 0 Å². The van der Waals surface area contributed by atoms with Crippen LogP contribution in [0.15, 0.2) is 4.42 Å². The van der Waals surface area contributed by atoms with Gasteiger partial charge in [0.15, 0.2) is 0 Å². The van der Waals surface area contributed by atoms with Crippen molar-refractivity contribution in [3.63, 3.8) is 0 Å². The summed E-state index contributed by atoms with van der Waals surface area (Å²) in [5.41, 5.74) is 0. The van der Waals surface area contributed by atoms with Crippen LogP contribution in [0.2, 0.25) is 0 Å². The number of carbonyl (C=O) groups is 1. The van der Waals surface area contributed by atoms with Crippen molar-refractivity contribution >= 4 is 5.91 Å². The van der Waals surface area contributed by atoms with Crippen LogP contribution in [-0.4, -0.2) is 76.1 Å². The quantitative estimate of drug-likeness (QED) is 0.803. The minimum atomic E-state index is 0.188. The second kappa shape index (κ2) is 6.34. The van der Waals surface area contributed by atoms with Gasteiger partial charge in [-0.25, -0.2) is 0 Å². The summed E-state index contributed by atoms with van der Waals surface area (Å²) >= 11 is 0. The van der Waals surface area contributed by atoms with Crippen LogP contribution in [0.1, 0.15) is 25.6 Å². The van der Waals surface area contributed by atoms with Gasteiger partial charge in [-0.05, 0) is 5.92 Å². The Bertz CT molecular complexity index is 524. The number of likely N-dealkylation sites (tertiary alicyclic amines) is 1. The van der Waals surface area contributed by atoms with Gasteiger partial charge in [0.25, 0.3) is 0 Å². The highest BCUT2D eigenvalue weighted by atomic mass is 16.4. The van der Waals surface area contributed by atoms with Crippen LogP contribution in [-0.2, 0) is 11.3 Å². The smallest absolute Gasteiger partial charge is 0.230 e. The van der Waals surface area contributed by atoms with Crippen LogP contribution in [0.4, 0.5) is 0 Å². The molecule has 0 aliphatic carbocycles.